The second-order valence-corrected chi connectivity index (χ2v) is 3.92. The highest BCUT2D eigenvalue weighted by Crippen LogP contribution is 2.12. The van der Waals surface area contributed by atoms with Crippen LogP contribution in [0.5, 0.6) is 0 Å². The second-order valence-electron chi connectivity index (χ2n) is 3.92. The van der Waals surface area contributed by atoms with Gasteiger partial charge in [-0.25, -0.2) is 5.84 Å². The van der Waals surface area contributed by atoms with Gasteiger partial charge in [-0.1, -0.05) is 13.8 Å². The highest BCUT2D eigenvalue weighted by Gasteiger charge is 2.12. The van der Waals surface area contributed by atoms with Crippen LogP contribution >= 0.6 is 0 Å². The van der Waals surface area contributed by atoms with Gasteiger partial charge < -0.3 is 0 Å². The third-order valence-electron chi connectivity index (χ3n) is 1.47. The Hall–Kier alpha value is -1.36. The summed E-state index contributed by atoms with van der Waals surface area (Å²) >= 11 is 0. The lowest BCUT2D eigenvalue weighted by atomic mass is 10.1. The monoisotopic (exact) mass is 228 g/mol. The van der Waals surface area contributed by atoms with E-state index in [0.29, 0.717) is 6.41 Å². The molecule has 1 aromatic heterocycles. The molecule has 0 saturated heterocycles. The summed E-state index contributed by atoms with van der Waals surface area (Å²) in [7, 11) is 0. The van der Waals surface area contributed by atoms with Gasteiger partial charge in [0, 0.05) is 6.20 Å². The number of nitrogens with one attached hydrogen (secondary N) is 1. The molecular weight excluding hydrogens is 204 g/mol. The van der Waals surface area contributed by atoms with E-state index in [1.54, 1.807) is 5.43 Å². The average molecular weight is 228 g/mol. The van der Waals surface area contributed by atoms with Crippen molar-refractivity contribution < 1.29 is 4.79 Å². The summed E-state index contributed by atoms with van der Waals surface area (Å²) < 4.78 is 1.97. The summed E-state index contributed by atoms with van der Waals surface area (Å²) in [6.07, 6.45) is 4.34. The minimum Gasteiger partial charge on any atom is -0.297 e. The van der Waals surface area contributed by atoms with Crippen molar-refractivity contribution in [2.24, 2.45) is 5.84 Å². The van der Waals surface area contributed by atoms with Gasteiger partial charge in [-0.3, -0.25) is 14.9 Å². The minimum atomic E-state index is 0.119. The Morgan fingerprint density at radius 3 is 2.00 bits per heavy atom. The Morgan fingerprint density at radius 2 is 1.88 bits per heavy atom. The van der Waals surface area contributed by atoms with E-state index in [1.807, 2.05) is 24.7 Å². The van der Waals surface area contributed by atoms with Gasteiger partial charge in [0.1, 0.15) is 0 Å². The molecule has 5 heteroatoms. The van der Waals surface area contributed by atoms with Crippen molar-refractivity contribution in [1.29, 1.82) is 0 Å². The number of hydrogen-bond donors (Lipinski definition) is 2. The maximum atomic E-state index is 8.94. The largest absolute Gasteiger partial charge is 0.297 e. The van der Waals surface area contributed by atoms with Crippen LogP contribution in [0.15, 0.2) is 12.4 Å². The van der Waals surface area contributed by atoms with Gasteiger partial charge >= 0.3 is 0 Å². The van der Waals surface area contributed by atoms with Crippen LogP contribution in [0, 0.1) is 6.92 Å². The van der Waals surface area contributed by atoms with Crippen molar-refractivity contribution in [1.82, 2.24) is 15.2 Å². The van der Waals surface area contributed by atoms with Crippen LogP contribution in [-0.2, 0) is 10.3 Å². The predicted octanol–water partition coefficient (Wildman–Crippen LogP) is 1.58. The van der Waals surface area contributed by atoms with Crippen molar-refractivity contribution in [2.75, 3.05) is 0 Å². The Labute approximate surface area is 98.0 Å². The smallest absolute Gasteiger partial charge is 0.221 e. The number of carbonyl (C=O) groups is 1. The number of aromatic nitrogens is 2. The second kappa shape index (κ2) is 8.91. The molecule has 0 spiro atoms. The van der Waals surface area contributed by atoms with E-state index >= 15 is 0 Å². The fourth-order valence-corrected chi connectivity index (χ4v) is 0.780. The van der Waals surface area contributed by atoms with Crippen LogP contribution in [0.4, 0.5) is 0 Å². The molecule has 5 nitrogen and oxygen atoms in total. The van der Waals surface area contributed by atoms with Crippen LogP contribution in [0.3, 0.4) is 0 Å². The molecule has 0 aliphatic carbocycles. The number of amides is 1. The van der Waals surface area contributed by atoms with E-state index in [9.17, 15) is 0 Å². The lowest BCUT2D eigenvalue weighted by molar-refractivity contribution is -0.109. The van der Waals surface area contributed by atoms with E-state index in [-0.39, 0.29) is 5.54 Å². The van der Waals surface area contributed by atoms with Crippen molar-refractivity contribution >= 4 is 6.41 Å². The molecule has 0 radical (unpaired) electrons. The number of hydrazine groups is 1. The molecular formula is C11H24N4O. The lowest BCUT2D eigenvalue weighted by Crippen LogP contribution is -2.21. The molecule has 0 unspecified atom stereocenters. The van der Waals surface area contributed by atoms with E-state index in [2.05, 4.69) is 44.8 Å². The molecule has 0 aliphatic rings. The van der Waals surface area contributed by atoms with Gasteiger partial charge in [0.25, 0.3) is 0 Å². The SMILES string of the molecule is CC.Cc1cnn(C(C)(C)C)c1.NNC=O. The molecule has 1 aromatic rings. The molecule has 0 saturated carbocycles. The summed E-state index contributed by atoms with van der Waals surface area (Å²) in [6.45, 7) is 12.5. The maximum Gasteiger partial charge on any atom is 0.221 e. The van der Waals surface area contributed by atoms with Gasteiger partial charge in [0.05, 0.1) is 11.7 Å². The third kappa shape index (κ3) is 7.99. The van der Waals surface area contributed by atoms with Crippen LogP contribution < -0.4 is 11.3 Å². The molecule has 1 rings (SSSR count). The molecule has 1 heterocycles. The number of carbonyl (C=O) groups excluding carboxylic acids is 1. The average Bonchev–Trinajstić information content (AvgIpc) is 2.68. The van der Waals surface area contributed by atoms with E-state index in [4.69, 9.17) is 4.79 Å². The van der Waals surface area contributed by atoms with Gasteiger partial charge in [0.15, 0.2) is 0 Å². The lowest BCUT2D eigenvalue weighted by Gasteiger charge is -2.18. The standard InChI is InChI=1S/C8H14N2.C2H6.CH4N2O/c1-7-5-9-10(6-7)8(2,3)4;1-2;2-3-1-4/h5-6H,1-4H3;1-2H3;1H,2H2,(H,3,4). The fraction of sp³-hybridized carbons (Fsp3) is 0.636. The molecule has 16 heavy (non-hydrogen) atoms. The van der Waals surface area contributed by atoms with Crippen LogP contribution in [0.25, 0.3) is 0 Å². The molecule has 1 amide bonds. The zero-order valence-corrected chi connectivity index (χ0v) is 11.1. The van der Waals surface area contributed by atoms with Crippen molar-refractivity contribution in [2.45, 2.75) is 47.1 Å². The fourth-order valence-electron chi connectivity index (χ4n) is 0.780. The molecule has 0 fully saturated rings. The van der Waals surface area contributed by atoms with E-state index < -0.39 is 0 Å². The number of hydrogen-bond acceptors (Lipinski definition) is 3. The molecule has 0 aromatic carbocycles. The first-order valence-corrected chi connectivity index (χ1v) is 5.33. The molecule has 94 valence electrons. The van der Waals surface area contributed by atoms with Crippen LogP contribution in [0.2, 0.25) is 0 Å². The maximum absolute atomic E-state index is 8.94. The highest BCUT2D eigenvalue weighted by molar-refractivity contribution is 5.44. The van der Waals surface area contributed by atoms with Crippen molar-refractivity contribution in [3.63, 3.8) is 0 Å². The number of nitrogens with zero attached hydrogens (tertiary/aromatic N) is 2. The number of nitrogens with two attached hydrogens (primary N) is 1. The Bertz CT molecular complexity index is 276. The Balaban J connectivity index is 0. The quantitative estimate of drug-likeness (QED) is 0.332. The van der Waals surface area contributed by atoms with Gasteiger partial charge in [-0.05, 0) is 33.3 Å². The van der Waals surface area contributed by atoms with Gasteiger partial charge in [-0.2, -0.15) is 5.10 Å². The zero-order valence-electron chi connectivity index (χ0n) is 11.1. The third-order valence-corrected chi connectivity index (χ3v) is 1.47. The van der Waals surface area contributed by atoms with E-state index in [1.165, 1.54) is 5.56 Å². The summed E-state index contributed by atoms with van der Waals surface area (Å²) in [5.41, 5.74) is 3.09. The normalized spacial score (nSPS) is 9.19. The molecule has 0 aliphatic heterocycles. The molecule has 0 atom stereocenters. The zero-order chi connectivity index (χ0) is 13.2. The Morgan fingerprint density at radius 1 is 1.44 bits per heavy atom. The summed E-state index contributed by atoms with van der Waals surface area (Å²) in [5, 5.41) is 4.20. The summed E-state index contributed by atoms with van der Waals surface area (Å²) in [6, 6.07) is 0. The topological polar surface area (TPSA) is 72.9 Å². The Kier molecular flexibility index (Phi) is 9.49. The van der Waals surface area contributed by atoms with Crippen molar-refractivity contribution in [3.8, 4) is 0 Å². The van der Waals surface area contributed by atoms with Crippen LogP contribution in [0.1, 0.15) is 40.2 Å². The highest BCUT2D eigenvalue weighted by atomic mass is 16.1. The summed E-state index contributed by atoms with van der Waals surface area (Å²) in [5.74, 6) is 4.41. The molecule has 0 bridgehead atoms. The first-order valence-electron chi connectivity index (χ1n) is 5.33. The van der Waals surface area contributed by atoms with E-state index in [0.717, 1.165) is 0 Å². The number of rotatable bonds is 1. The number of aryl methyl sites for hydroxylation is 1. The van der Waals surface area contributed by atoms with Gasteiger partial charge in [0.2, 0.25) is 6.41 Å². The predicted molar refractivity (Wildman–Crippen MR) is 66.7 cm³/mol. The first kappa shape index (κ1) is 17.0. The van der Waals surface area contributed by atoms with Crippen molar-refractivity contribution in [3.05, 3.63) is 18.0 Å². The van der Waals surface area contributed by atoms with Gasteiger partial charge in [-0.15, -0.1) is 0 Å². The van der Waals surface area contributed by atoms with Crippen LogP contribution in [-0.4, -0.2) is 16.2 Å². The first-order chi connectivity index (χ1) is 7.41. The summed E-state index contributed by atoms with van der Waals surface area (Å²) in [4.78, 5) is 8.94. The minimum absolute atomic E-state index is 0.119. The molecule has 3 N–H and O–H groups in total.